The second-order valence-electron chi connectivity index (χ2n) is 5.28. The van der Waals surface area contributed by atoms with E-state index in [9.17, 15) is 4.79 Å². The zero-order valence-electron chi connectivity index (χ0n) is 13.1. The Labute approximate surface area is 158 Å². The van der Waals surface area contributed by atoms with Gasteiger partial charge in [-0.25, -0.2) is 5.43 Å². The third-order valence-corrected chi connectivity index (χ3v) is 4.28. The maximum Gasteiger partial charge on any atom is 0.244 e. The van der Waals surface area contributed by atoms with E-state index in [4.69, 9.17) is 16.0 Å². The fraction of sp³-hybridized carbons (Fsp3) is 0.0526. The molecule has 0 radical (unpaired) electrons. The van der Waals surface area contributed by atoms with Crippen LogP contribution in [0.15, 0.2) is 74.7 Å². The third kappa shape index (κ3) is 4.81. The van der Waals surface area contributed by atoms with Gasteiger partial charge in [0.25, 0.3) is 0 Å². The van der Waals surface area contributed by atoms with E-state index >= 15 is 0 Å². The van der Waals surface area contributed by atoms with Gasteiger partial charge in [-0.3, -0.25) is 4.79 Å². The van der Waals surface area contributed by atoms with Crippen LogP contribution in [0, 0.1) is 0 Å². The zero-order valence-corrected chi connectivity index (χ0v) is 15.4. The number of benzene rings is 2. The minimum absolute atomic E-state index is 0.198. The number of hydrogen-bond donors (Lipinski definition) is 1. The van der Waals surface area contributed by atoms with Crippen LogP contribution in [-0.4, -0.2) is 12.1 Å². The number of carbonyl (C=O) groups excluding carboxylic acids is 1. The molecule has 0 spiro atoms. The topological polar surface area (TPSA) is 54.6 Å². The summed E-state index contributed by atoms with van der Waals surface area (Å²) in [4.78, 5) is 11.9. The van der Waals surface area contributed by atoms with Gasteiger partial charge in [-0.15, -0.1) is 0 Å². The minimum Gasteiger partial charge on any atom is -0.455 e. The standard InChI is InChI=1S/C19H14BrClN2O2/c20-14-7-5-13(6-8-14)11-19(24)23-22-12-15-9-10-18(25-15)16-3-1-2-4-17(16)21/h1-10,12H,11H2,(H,23,24)/b22-12+. The van der Waals surface area contributed by atoms with Crippen LogP contribution in [-0.2, 0) is 11.2 Å². The van der Waals surface area contributed by atoms with Crippen molar-refractivity contribution in [2.45, 2.75) is 6.42 Å². The number of halogens is 2. The second-order valence-corrected chi connectivity index (χ2v) is 6.60. The Morgan fingerprint density at radius 2 is 1.88 bits per heavy atom. The van der Waals surface area contributed by atoms with Gasteiger partial charge in [0.1, 0.15) is 11.5 Å². The number of rotatable bonds is 5. The smallest absolute Gasteiger partial charge is 0.244 e. The van der Waals surface area contributed by atoms with Crippen molar-refractivity contribution >= 4 is 39.7 Å². The highest BCUT2D eigenvalue weighted by Crippen LogP contribution is 2.28. The lowest BCUT2D eigenvalue weighted by atomic mass is 10.1. The van der Waals surface area contributed by atoms with Crippen LogP contribution in [0.1, 0.15) is 11.3 Å². The summed E-state index contributed by atoms with van der Waals surface area (Å²) in [6.07, 6.45) is 1.72. The molecule has 0 unspecified atom stereocenters. The fourth-order valence-electron chi connectivity index (χ4n) is 2.22. The summed E-state index contributed by atoms with van der Waals surface area (Å²) in [6.45, 7) is 0. The van der Waals surface area contributed by atoms with Crippen molar-refractivity contribution in [2.75, 3.05) is 0 Å². The Kier molecular flexibility index (Phi) is 5.68. The average Bonchev–Trinajstić information content (AvgIpc) is 3.06. The van der Waals surface area contributed by atoms with Crippen LogP contribution in [0.5, 0.6) is 0 Å². The van der Waals surface area contributed by atoms with Crippen LogP contribution < -0.4 is 5.43 Å². The molecule has 126 valence electrons. The van der Waals surface area contributed by atoms with Crippen molar-refractivity contribution in [1.29, 1.82) is 0 Å². The molecule has 0 saturated carbocycles. The lowest BCUT2D eigenvalue weighted by molar-refractivity contribution is -0.120. The van der Waals surface area contributed by atoms with E-state index < -0.39 is 0 Å². The summed E-state index contributed by atoms with van der Waals surface area (Å²) in [5, 5.41) is 4.54. The molecule has 0 aliphatic heterocycles. The highest BCUT2D eigenvalue weighted by molar-refractivity contribution is 9.10. The number of carbonyl (C=O) groups is 1. The third-order valence-electron chi connectivity index (χ3n) is 3.43. The highest BCUT2D eigenvalue weighted by atomic mass is 79.9. The fourth-order valence-corrected chi connectivity index (χ4v) is 2.72. The monoisotopic (exact) mass is 416 g/mol. The molecule has 0 aliphatic rings. The predicted octanol–water partition coefficient (Wildman–Crippen LogP) is 5.06. The quantitative estimate of drug-likeness (QED) is 0.466. The zero-order chi connectivity index (χ0) is 17.6. The Hall–Kier alpha value is -2.37. The maximum atomic E-state index is 11.9. The van der Waals surface area contributed by atoms with E-state index in [2.05, 4.69) is 26.5 Å². The van der Waals surface area contributed by atoms with Crippen molar-refractivity contribution < 1.29 is 9.21 Å². The molecule has 1 amide bonds. The number of nitrogens with one attached hydrogen (secondary N) is 1. The van der Waals surface area contributed by atoms with Crippen LogP contribution in [0.3, 0.4) is 0 Å². The van der Waals surface area contributed by atoms with E-state index in [1.165, 1.54) is 6.21 Å². The van der Waals surface area contributed by atoms with E-state index in [-0.39, 0.29) is 12.3 Å². The molecule has 1 aromatic heterocycles. The Balaban J connectivity index is 1.58. The first kappa shape index (κ1) is 17.5. The molecule has 2 aromatic carbocycles. The average molecular weight is 418 g/mol. The number of hydrogen-bond acceptors (Lipinski definition) is 3. The van der Waals surface area contributed by atoms with E-state index in [1.807, 2.05) is 48.5 Å². The number of nitrogens with zero attached hydrogens (tertiary/aromatic N) is 1. The molecule has 4 nitrogen and oxygen atoms in total. The lowest BCUT2D eigenvalue weighted by Crippen LogP contribution is -2.19. The van der Waals surface area contributed by atoms with E-state index in [1.54, 1.807) is 12.1 Å². The van der Waals surface area contributed by atoms with Gasteiger partial charge < -0.3 is 4.42 Å². The highest BCUT2D eigenvalue weighted by Gasteiger charge is 2.07. The molecule has 1 N–H and O–H groups in total. The van der Waals surface area contributed by atoms with Crippen LogP contribution in [0.2, 0.25) is 5.02 Å². The van der Waals surface area contributed by atoms with Crippen molar-refractivity contribution in [3.8, 4) is 11.3 Å². The predicted molar refractivity (Wildman–Crippen MR) is 103 cm³/mol. The Bertz CT molecular complexity index is 904. The molecule has 3 rings (SSSR count). The molecule has 3 aromatic rings. The van der Waals surface area contributed by atoms with Gasteiger partial charge in [0, 0.05) is 10.0 Å². The molecule has 25 heavy (non-hydrogen) atoms. The summed E-state index contributed by atoms with van der Waals surface area (Å²) < 4.78 is 6.65. The van der Waals surface area contributed by atoms with Crippen molar-refractivity contribution in [3.05, 3.63) is 81.5 Å². The van der Waals surface area contributed by atoms with Gasteiger partial charge in [0.05, 0.1) is 17.7 Å². The van der Waals surface area contributed by atoms with Gasteiger partial charge in [-0.2, -0.15) is 5.10 Å². The van der Waals surface area contributed by atoms with Crippen LogP contribution in [0.25, 0.3) is 11.3 Å². The molecule has 6 heteroatoms. The summed E-state index contributed by atoms with van der Waals surface area (Å²) in [6, 6.07) is 18.6. The first-order valence-electron chi connectivity index (χ1n) is 7.53. The van der Waals surface area contributed by atoms with Crippen LogP contribution >= 0.6 is 27.5 Å². The number of amides is 1. The van der Waals surface area contributed by atoms with Crippen LogP contribution in [0.4, 0.5) is 0 Å². The van der Waals surface area contributed by atoms with Crippen molar-refractivity contribution in [1.82, 2.24) is 5.43 Å². The molecule has 0 atom stereocenters. The normalized spacial score (nSPS) is 11.0. The molecule has 0 saturated heterocycles. The molecule has 1 heterocycles. The lowest BCUT2D eigenvalue weighted by Gasteiger charge is -2.00. The second kappa shape index (κ2) is 8.14. The van der Waals surface area contributed by atoms with Crippen molar-refractivity contribution in [2.24, 2.45) is 5.10 Å². The van der Waals surface area contributed by atoms with Gasteiger partial charge in [0.2, 0.25) is 5.91 Å². The number of hydrazone groups is 1. The molecule has 0 fully saturated rings. The Morgan fingerprint density at radius 3 is 2.64 bits per heavy atom. The molecular formula is C19H14BrClN2O2. The molecule has 0 bridgehead atoms. The SMILES string of the molecule is O=C(Cc1ccc(Br)cc1)N/N=C/c1ccc(-c2ccccc2Cl)o1. The maximum absolute atomic E-state index is 11.9. The minimum atomic E-state index is -0.198. The van der Waals surface area contributed by atoms with Crippen molar-refractivity contribution in [3.63, 3.8) is 0 Å². The first-order chi connectivity index (χ1) is 12.1. The van der Waals surface area contributed by atoms with Gasteiger partial charge in [-0.05, 0) is 42.0 Å². The number of furan rings is 1. The summed E-state index contributed by atoms with van der Waals surface area (Å²) in [7, 11) is 0. The molecular weight excluding hydrogens is 404 g/mol. The Morgan fingerprint density at radius 1 is 1.12 bits per heavy atom. The summed E-state index contributed by atoms with van der Waals surface area (Å²) in [5.74, 6) is 0.976. The van der Waals surface area contributed by atoms with E-state index in [0.717, 1.165) is 15.6 Å². The van der Waals surface area contributed by atoms with Gasteiger partial charge >= 0.3 is 0 Å². The van der Waals surface area contributed by atoms with E-state index in [0.29, 0.717) is 16.5 Å². The largest absolute Gasteiger partial charge is 0.455 e. The van der Waals surface area contributed by atoms with Gasteiger partial charge in [-0.1, -0.05) is 51.8 Å². The van der Waals surface area contributed by atoms with Gasteiger partial charge in [0.15, 0.2) is 0 Å². The first-order valence-corrected chi connectivity index (χ1v) is 8.70. The summed E-state index contributed by atoms with van der Waals surface area (Å²) >= 11 is 9.51. The summed E-state index contributed by atoms with van der Waals surface area (Å²) in [5.41, 5.74) is 4.21. The molecule has 0 aliphatic carbocycles.